The van der Waals surface area contributed by atoms with Gasteiger partial charge in [0.1, 0.15) is 0 Å². The fourth-order valence-electron chi connectivity index (χ4n) is 3.86. The molecule has 0 aliphatic carbocycles. The van der Waals surface area contributed by atoms with Crippen molar-refractivity contribution in [3.63, 3.8) is 0 Å². The first-order chi connectivity index (χ1) is 15.3. The number of amidine groups is 1. The number of hydrogen-bond donors (Lipinski definition) is 0. The van der Waals surface area contributed by atoms with E-state index in [-0.39, 0.29) is 5.91 Å². The van der Waals surface area contributed by atoms with Crippen LogP contribution in [0, 0.1) is 0 Å². The van der Waals surface area contributed by atoms with Gasteiger partial charge in [-0.1, -0.05) is 66.0 Å². The Morgan fingerprint density at radius 3 is 2.23 bits per heavy atom. The van der Waals surface area contributed by atoms with Gasteiger partial charge in [0.15, 0.2) is 5.17 Å². The minimum atomic E-state index is 0.134. The molecule has 0 N–H and O–H groups in total. The zero-order chi connectivity index (χ0) is 21.0. The highest BCUT2D eigenvalue weighted by Gasteiger charge is 2.27. The van der Waals surface area contributed by atoms with Crippen LogP contribution in [-0.2, 0) is 4.79 Å². The molecule has 1 saturated heterocycles. The number of para-hydroxylation sites is 3. The van der Waals surface area contributed by atoms with Crippen molar-refractivity contribution in [3.05, 3.63) is 78.9 Å². The fraction of sp³-hybridized carbons (Fsp3) is 0.200. The smallest absolute Gasteiger partial charge is 0.230 e. The third-order valence-electron chi connectivity index (χ3n) is 5.35. The number of nitrogens with zero attached hydrogens (tertiary/aromatic N) is 3. The quantitative estimate of drug-likeness (QED) is 0.470. The number of carbonyl (C=O) groups excluding carboxylic acids is 1. The van der Waals surface area contributed by atoms with E-state index < -0.39 is 0 Å². The summed E-state index contributed by atoms with van der Waals surface area (Å²) in [5, 5.41) is 0.817. The topological polar surface area (TPSA) is 35.9 Å². The Balaban J connectivity index is 1.36. The summed E-state index contributed by atoms with van der Waals surface area (Å²) >= 11 is 3.46. The van der Waals surface area contributed by atoms with E-state index in [9.17, 15) is 4.79 Å². The lowest BCUT2D eigenvalue weighted by Gasteiger charge is -2.33. The maximum Gasteiger partial charge on any atom is 0.230 e. The molecule has 1 amide bonds. The van der Waals surface area contributed by atoms with Gasteiger partial charge in [-0.2, -0.15) is 0 Å². The van der Waals surface area contributed by atoms with Crippen molar-refractivity contribution in [1.29, 1.82) is 0 Å². The molecule has 2 aliphatic heterocycles. The van der Waals surface area contributed by atoms with Crippen LogP contribution in [0.2, 0.25) is 0 Å². The van der Waals surface area contributed by atoms with Gasteiger partial charge in [-0.15, -0.1) is 0 Å². The van der Waals surface area contributed by atoms with Gasteiger partial charge in [0.2, 0.25) is 5.91 Å². The number of amides is 1. The molecular weight excluding hydrogens is 422 g/mol. The molecule has 31 heavy (non-hydrogen) atoms. The second-order valence-corrected chi connectivity index (χ2v) is 9.56. The van der Waals surface area contributed by atoms with Gasteiger partial charge in [-0.05, 0) is 42.8 Å². The van der Waals surface area contributed by atoms with Crippen molar-refractivity contribution in [2.75, 3.05) is 23.7 Å². The van der Waals surface area contributed by atoms with Gasteiger partial charge >= 0.3 is 0 Å². The third kappa shape index (κ3) is 4.36. The Bertz CT molecular complexity index is 1070. The molecule has 0 saturated carbocycles. The van der Waals surface area contributed by atoms with Gasteiger partial charge in [-0.25, -0.2) is 4.99 Å². The number of thioether (sulfide) groups is 1. The van der Waals surface area contributed by atoms with Gasteiger partial charge in [0.05, 0.1) is 17.1 Å². The Morgan fingerprint density at radius 2 is 1.52 bits per heavy atom. The van der Waals surface area contributed by atoms with E-state index >= 15 is 0 Å². The SMILES string of the molecule is O=C(CCN1c2ccccc2Sc2ccccc21)N1CCCSC1=Nc1ccccc1. The lowest BCUT2D eigenvalue weighted by atomic mass is 10.2. The van der Waals surface area contributed by atoms with Gasteiger partial charge < -0.3 is 4.90 Å². The summed E-state index contributed by atoms with van der Waals surface area (Å²) in [5.41, 5.74) is 3.23. The minimum Gasteiger partial charge on any atom is -0.339 e. The van der Waals surface area contributed by atoms with E-state index in [4.69, 9.17) is 4.99 Å². The molecule has 0 radical (unpaired) electrons. The number of aliphatic imine (C=N–C) groups is 1. The van der Waals surface area contributed by atoms with Crippen molar-refractivity contribution >= 4 is 51.7 Å². The predicted molar refractivity (Wildman–Crippen MR) is 131 cm³/mol. The summed E-state index contributed by atoms with van der Waals surface area (Å²) in [5.74, 6) is 1.13. The van der Waals surface area contributed by atoms with Crippen LogP contribution in [0.3, 0.4) is 0 Å². The maximum absolute atomic E-state index is 13.3. The monoisotopic (exact) mass is 445 g/mol. The third-order valence-corrected chi connectivity index (χ3v) is 7.54. The maximum atomic E-state index is 13.3. The summed E-state index contributed by atoms with van der Waals surface area (Å²) < 4.78 is 0. The average Bonchev–Trinajstić information content (AvgIpc) is 2.82. The molecule has 0 unspecified atom stereocenters. The second-order valence-electron chi connectivity index (χ2n) is 7.42. The van der Waals surface area contributed by atoms with Crippen LogP contribution in [0.4, 0.5) is 17.1 Å². The molecule has 4 nitrogen and oxygen atoms in total. The Kier molecular flexibility index (Phi) is 6.00. The first-order valence-corrected chi connectivity index (χ1v) is 12.3. The summed E-state index contributed by atoms with van der Waals surface area (Å²) in [6.45, 7) is 1.38. The average molecular weight is 446 g/mol. The molecule has 1 fully saturated rings. The van der Waals surface area contributed by atoms with Gasteiger partial charge in [0, 0.05) is 35.1 Å². The number of anilines is 2. The van der Waals surface area contributed by atoms with Crippen molar-refractivity contribution in [2.45, 2.75) is 22.6 Å². The molecule has 0 bridgehead atoms. The minimum absolute atomic E-state index is 0.134. The highest BCUT2D eigenvalue weighted by molar-refractivity contribution is 8.13. The normalized spacial score (nSPS) is 16.7. The number of rotatable bonds is 4. The first-order valence-electron chi connectivity index (χ1n) is 10.5. The number of fused-ring (bicyclic) bond motifs is 2. The van der Waals surface area contributed by atoms with E-state index in [2.05, 4.69) is 53.4 Å². The van der Waals surface area contributed by atoms with E-state index in [1.807, 2.05) is 35.2 Å². The lowest BCUT2D eigenvalue weighted by molar-refractivity contribution is -0.127. The van der Waals surface area contributed by atoms with Crippen LogP contribution in [0.15, 0.2) is 93.6 Å². The van der Waals surface area contributed by atoms with Crippen LogP contribution in [0.5, 0.6) is 0 Å². The van der Waals surface area contributed by atoms with Crippen LogP contribution in [0.25, 0.3) is 0 Å². The van der Waals surface area contributed by atoms with E-state index in [1.165, 1.54) is 21.2 Å². The molecular formula is C25H23N3OS2. The van der Waals surface area contributed by atoms with Crippen LogP contribution in [-0.4, -0.2) is 34.8 Å². The molecule has 5 rings (SSSR count). The number of carbonyl (C=O) groups is 1. The fourth-order valence-corrected chi connectivity index (χ4v) is 5.93. The van der Waals surface area contributed by atoms with E-state index in [1.54, 1.807) is 23.5 Å². The molecule has 0 atom stereocenters. The molecule has 0 spiro atoms. The Labute approximate surface area is 191 Å². The number of hydrogen-bond acceptors (Lipinski definition) is 5. The highest BCUT2D eigenvalue weighted by atomic mass is 32.2. The summed E-state index contributed by atoms with van der Waals surface area (Å²) in [6, 6.07) is 26.7. The Morgan fingerprint density at radius 1 is 0.871 bits per heavy atom. The molecule has 3 aromatic carbocycles. The van der Waals surface area contributed by atoms with Gasteiger partial charge in [0.25, 0.3) is 0 Å². The summed E-state index contributed by atoms with van der Waals surface area (Å²) in [4.78, 5) is 24.6. The van der Waals surface area contributed by atoms with E-state index in [0.717, 1.165) is 29.6 Å². The summed E-state index contributed by atoms with van der Waals surface area (Å²) in [7, 11) is 0. The van der Waals surface area contributed by atoms with Crippen molar-refractivity contribution in [1.82, 2.24) is 4.90 Å². The zero-order valence-electron chi connectivity index (χ0n) is 17.1. The van der Waals surface area contributed by atoms with Crippen LogP contribution in [0.1, 0.15) is 12.8 Å². The first kappa shape index (κ1) is 20.2. The molecule has 6 heteroatoms. The molecule has 2 aliphatic rings. The zero-order valence-corrected chi connectivity index (χ0v) is 18.7. The van der Waals surface area contributed by atoms with Crippen LogP contribution < -0.4 is 4.90 Å². The summed E-state index contributed by atoms with van der Waals surface area (Å²) in [6.07, 6.45) is 1.44. The Hall–Kier alpha value is -2.70. The second kappa shape index (κ2) is 9.20. The number of benzene rings is 3. The van der Waals surface area contributed by atoms with E-state index in [0.29, 0.717) is 13.0 Å². The lowest BCUT2D eigenvalue weighted by Crippen LogP contribution is -2.40. The van der Waals surface area contributed by atoms with Crippen molar-refractivity contribution < 1.29 is 4.79 Å². The van der Waals surface area contributed by atoms with Crippen LogP contribution >= 0.6 is 23.5 Å². The predicted octanol–water partition coefficient (Wildman–Crippen LogP) is 6.33. The molecule has 3 aromatic rings. The molecule has 156 valence electrons. The molecule has 0 aromatic heterocycles. The standard InChI is InChI=1S/C25H23N3OS2/c29-24(28-16-8-18-30-25(28)26-19-9-2-1-3-10-19)15-17-27-20-11-4-6-13-22(20)31-23-14-7-5-12-21(23)27/h1-7,9-14H,8,15-18H2. The van der Waals surface area contributed by atoms with Crippen molar-refractivity contribution in [2.24, 2.45) is 4.99 Å². The molecule has 2 heterocycles. The van der Waals surface area contributed by atoms with Gasteiger partial charge in [-0.3, -0.25) is 9.69 Å². The highest BCUT2D eigenvalue weighted by Crippen LogP contribution is 2.47. The largest absolute Gasteiger partial charge is 0.339 e. The van der Waals surface area contributed by atoms with Crippen molar-refractivity contribution in [3.8, 4) is 0 Å².